The number of hydrogen-bond acceptors (Lipinski definition) is 4. The molecule has 1 saturated heterocycles. The standard InChI is InChI=1S/C20H23N3O3S/c1-16-11-14-23(15-12-16)27(25,26)19-8-5-18(6-9-19)22-20(24)10-7-17-4-2-3-13-21-17/h2-10,13,16H,11-12,14-15H2,1H3,(H,22,24)/b10-7+. The first-order valence-corrected chi connectivity index (χ1v) is 10.4. The third-order valence-electron chi connectivity index (χ3n) is 4.60. The fourth-order valence-electron chi connectivity index (χ4n) is 2.90. The number of amides is 1. The van der Waals surface area contributed by atoms with E-state index >= 15 is 0 Å². The molecule has 2 heterocycles. The lowest BCUT2D eigenvalue weighted by Gasteiger charge is -2.29. The molecule has 1 aromatic heterocycles. The number of nitrogens with one attached hydrogen (secondary N) is 1. The summed E-state index contributed by atoms with van der Waals surface area (Å²) < 4.78 is 27.0. The first-order chi connectivity index (χ1) is 12.9. The minimum absolute atomic E-state index is 0.249. The third-order valence-corrected chi connectivity index (χ3v) is 6.51. The van der Waals surface area contributed by atoms with E-state index in [0.717, 1.165) is 12.8 Å². The summed E-state index contributed by atoms with van der Waals surface area (Å²) in [5, 5.41) is 2.71. The first-order valence-electron chi connectivity index (χ1n) is 8.95. The minimum atomic E-state index is -3.48. The zero-order valence-corrected chi connectivity index (χ0v) is 16.0. The van der Waals surface area contributed by atoms with E-state index in [0.29, 0.717) is 30.4 Å². The Kier molecular flexibility index (Phi) is 6.03. The predicted molar refractivity (Wildman–Crippen MR) is 105 cm³/mol. The Balaban J connectivity index is 1.63. The number of sulfonamides is 1. The maximum Gasteiger partial charge on any atom is 0.248 e. The van der Waals surface area contributed by atoms with Crippen LogP contribution in [0.15, 0.2) is 59.6 Å². The number of nitrogens with zero attached hydrogens (tertiary/aromatic N) is 2. The second kappa shape index (κ2) is 8.45. The average Bonchev–Trinajstić information content (AvgIpc) is 2.68. The number of carbonyl (C=O) groups excluding carboxylic acids is 1. The van der Waals surface area contributed by atoms with Gasteiger partial charge in [0, 0.05) is 31.0 Å². The lowest BCUT2D eigenvalue weighted by atomic mass is 10.0. The second-order valence-corrected chi connectivity index (χ2v) is 8.63. The van der Waals surface area contributed by atoms with Crippen molar-refractivity contribution in [1.29, 1.82) is 0 Å². The molecule has 0 bridgehead atoms. The highest BCUT2D eigenvalue weighted by atomic mass is 32.2. The van der Waals surface area contributed by atoms with Crippen molar-refractivity contribution in [3.63, 3.8) is 0 Å². The van der Waals surface area contributed by atoms with Gasteiger partial charge in [-0.3, -0.25) is 9.78 Å². The van der Waals surface area contributed by atoms with Gasteiger partial charge in [-0.15, -0.1) is 0 Å². The van der Waals surface area contributed by atoms with Crippen molar-refractivity contribution in [1.82, 2.24) is 9.29 Å². The normalized spacial score (nSPS) is 16.5. The molecule has 142 valence electrons. The molecule has 27 heavy (non-hydrogen) atoms. The number of anilines is 1. The molecule has 3 rings (SSSR count). The molecular formula is C20H23N3O3S. The topological polar surface area (TPSA) is 79.4 Å². The van der Waals surface area contributed by atoms with E-state index in [4.69, 9.17) is 0 Å². The van der Waals surface area contributed by atoms with E-state index in [9.17, 15) is 13.2 Å². The van der Waals surface area contributed by atoms with Gasteiger partial charge in [0.2, 0.25) is 15.9 Å². The predicted octanol–water partition coefficient (Wildman–Crippen LogP) is 3.15. The highest BCUT2D eigenvalue weighted by Crippen LogP contribution is 2.24. The SMILES string of the molecule is CC1CCN(S(=O)(=O)c2ccc(NC(=O)/C=C/c3ccccn3)cc2)CC1. The van der Waals surface area contributed by atoms with Crippen LogP contribution in [-0.2, 0) is 14.8 Å². The minimum Gasteiger partial charge on any atom is -0.323 e. The van der Waals surface area contributed by atoms with Crippen molar-refractivity contribution in [2.45, 2.75) is 24.7 Å². The van der Waals surface area contributed by atoms with Crippen molar-refractivity contribution >= 4 is 27.7 Å². The zero-order chi connectivity index (χ0) is 19.3. The van der Waals surface area contributed by atoms with E-state index in [1.165, 1.54) is 22.5 Å². The van der Waals surface area contributed by atoms with Crippen LogP contribution < -0.4 is 5.32 Å². The van der Waals surface area contributed by atoms with Crippen LogP contribution in [0.3, 0.4) is 0 Å². The largest absolute Gasteiger partial charge is 0.323 e. The van der Waals surface area contributed by atoms with E-state index in [2.05, 4.69) is 17.2 Å². The molecule has 1 aliphatic rings. The maximum atomic E-state index is 12.7. The number of hydrogen-bond donors (Lipinski definition) is 1. The van der Waals surface area contributed by atoms with Gasteiger partial charge in [0.15, 0.2) is 0 Å². The second-order valence-electron chi connectivity index (χ2n) is 6.69. The van der Waals surface area contributed by atoms with Crippen molar-refractivity contribution in [3.8, 4) is 0 Å². The van der Waals surface area contributed by atoms with Gasteiger partial charge in [-0.1, -0.05) is 13.0 Å². The summed E-state index contributed by atoms with van der Waals surface area (Å²) in [6, 6.07) is 11.7. The molecule has 7 heteroatoms. The van der Waals surface area contributed by atoms with Gasteiger partial charge in [0.1, 0.15) is 0 Å². The molecule has 1 N–H and O–H groups in total. The van der Waals surface area contributed by atoms with Crippen LogP contribution in [-0.4, -0.2) is 36.7 Å². The summed E-state index contributed by atoms with van der Waals surface area (Å²) in [7, 11) is -3.48. The lowest BCUT2D eigenvalue weighted by molar-refractivity contribution is -0.111. The number of aromatic nitrogens is 1. The molecule has 0 saturated carbocycles. The molecule has 0 spiro atoms. The van der Waals surface area contributed by atoms with Crippen molar-refractivity contribution in [2.75, 3.05) is 18.4 Å². The van der Waals surface area contributed by atoms with Gasteiger partial charge in [-0.2, -0.15) is 4.31 Å². The van der Waals surface area contributed by atoms with Crippen molar-refractivity contribution in [2.24, 2.45) is 5.92 Å². The van der Waals surface area contributed by atoms with E-state index in [-0.39, 0.29) is 10.8 Å². The summed E-state index contributed by atoms with van der Waals surface area (Å²) in [6.07, 6.45) is 6.43. The highest BCUT2D eigenvalue weighted by Gasteiger charge is 2.27. The van der Waals surface area contributed by atoms with Crippen LogP contribution in [0.1, 0.15) is 25.5 Å². The van der Waals surface area contributed by atoms with E-state index in [1.807, 2.05) is 6.07 Å². The summed E-state index contributed by atoms with van der Waals surface area (Å²) in [5.74, 6) is 0.259. The maximum absolute atomic E-state index is 12.7. The van der Waals surface area contributed by atoms with Gasteiger partial charge in [-0.05, 0) is 61.2 Å². The highest BCUT2D eigenvalue weighted by molar-refractivity contribution is 7.89. The Morgan fingerprint density at radius 1 is 1.15 bits per heavy atom. The van der Waals surface area contributed by atoms with Crippen LogP contribution >= 0.6 is 0 Å². The molecule has 0 unspecified atom stereocenters. The molecule has 1 aliphatic heterocycles. The molecule has 1 aromatic carbocycles. The van der Waals surface area contributed by atoms with Gasteiger partial charge in [0.05, 0.1) is 10.6 Å². The Morgan fingerprint density at radius 3 is 2.48 bits per heavy atom. The zero-order valence-electron chi connectivity index (χ0n) is 15.2. The monoisotopic (exact) mass is 385 g/mol. The van der Waals surface area contributed by atoms with Crippen molar-refractivity contribution in [3.05, 3.63) is 60.4 Å². The third kappa shape index (κ3) is 5.02. The molecule has 0 aliphatic carbocycles. The Hall–Kier alpha value is -2.51. The molecular weight excluding hydrogens is 362 g/mol. The quantitative estimate of drug-likeness (QED) is 0.802. The van der Waals surface area contributed by atoms with Crippen LogP contribution in [0, 0.1) is 5.92 Å². The Labute approximate surface area is 160 Å². The molecule has 2 aromatic rings. The van der Waals surface area contributed by atoms with Gasteiger partial charge < -0.3 is 5.32 Å². The fourth-order valence-corrected chi connectivity index (χ4v) is 4.37. The van der Waals surface area contributed by atoms with Crippen molar-refractivity contribution < 1.29 is 13.2 Å². The fraction of sp³-hybridized carbons (Fsp3) is 0.300. The number of carbonyl (C=O) groups is 1. The number of rotatable bonds is 5. The summed E-state index contributed by atoms with van der Waals surface area (Å²) >= 11 is 0. The number of benzene rings is 1. The van der Waals surface area contributed by atoms with Gasteiger partial charge in [-0.25, -0.2) is 8.42 Å². The van der Waals surface area contributed by atoms with E-state index in [1.54, 1.807) is 36.5 Å². The molecule has 0 radical (unpaired) electrons. The summed E-state index contributed by atoms with van der Waals surface area (Å²) in [4.78, 5) is 16.3. The van der Waals surface area contributed by atoms with Crippen LogP contribution in [0.4, 0.5) is 5.69 Å². The van der Waals surface area contributed by atoms with Crippen LogP contribution in [0.2, 0.25) is 0 Å². The first kappa shape index (κ1) is 19.3. The Morgan fingerprint density at radius 2 is 1.85 bits per heavy atom. The van der Waals surface area contributed by atoms with Gasteiger partial charge in [0.25, 0.3) is 0 Å². The number of pyridine rings is 1. The van der Waals surface area contributed by atoms with Gasteiger partial charge >= 0.3 is 0 Å². The summed E-state index contributed by atoms with van der Waals surface area (Å²) in [6.45, 7) is 3.25. The van der Waals surface area contributed by atoms with Crippen LogP contribution in [0.5, 0.6) is 0 Å². The van der Waals surface area contributed by atoms with E-state index < -0.39 is 10.0 Å². The molecule has 0 atom stereocenters. The molecule has 6 nitrogen and oxygen atoms in total. The number of piperidine rings is 1. The summed E-state index contributed by atoms with van der Waals surface area (Å²) in [5.41, 5.74) is 1.22. The average molecular weight is 385 g/mol. The smallest absolute Gasteiger partial charge is 0.248 e. The van der Waals surface area contributed by atoms with Crippen LogP contribution in [0.25, 0.3) is 6.08 Å². The molecule has 1 amide bonds. The lowest BCUT2D eigenvalue weighted by Crippen LogP contribution is -2.37. The Bertz CT molecular complexity index is 901. The molecule has 1 fully saturated rings.